The molecule has 1 saturated carbocycles. The molecule has 0 spiro atoms. The molecule has 3 aromatic rings. The number of aliphatic hydroxyl groups is 2. The number of aliphatic hydroxyl groups excluding tert-OH is 2. The molecule has 0 unspecified atom stereocenters. The number of hydrogen-bond acceptors (Lipinski definition) is 8. The predicted octanol–water partition coefficient (Wildman–Crippen LogP) is 1.78. The lowest BCUT2D eigenvalue weighted by atomic mass is 9.93. The largest absolute Gasteiger partial charge is 0.394 e. The predicted molar refractivity (Wildman–Crippen MR) is 106 cm³/mol. The van der Waals surface area contributed by atoms with Crippen LogP contribution in [0.25, 0.3) is 20.8 Å². The van der Waals surface area contributed by atoms with Gasteiger partial charge in [-0.05, 0) is 31.4 Å². The number of aromatic nitrogens is 3. The van der Waals surface area contributed by atoms with E-state index in [0.717, 1.165) is 23.1 Å². The van der Waals surface area contributed by atoms with Crippen molar-refractivity contribution in [2.45, 2.75) is 31.4 Å². The molecule has 2 heterocycles. The Morgan fingerprint density at radius 3 is 2.81 bits per heavy atom. The van der Waals surface area contributed by atoms with Gasteiger partial charge in [-0.1, -0.05) is 12.1 Å². The fourth-order valence-electron chi connectivity index (χ4n) is 2.87. The summed E-state index contributed by atoms with van der Waals surface area (Å²) in [5.74, 6) is 0.739. The number of aromatic amines is 1. The number of benzene rings is 1. The lowest BCUT2D eigenvalue weighted by molar-refractivity contribution is 0.105. The molecule has 4 rings (SSSR count). The van der Waals surface area contributed by atoms with Gasteiger partial charge in [-0.25, -0.2) is 4.98 Å². The van der Waals surface area contributed by atoms with Crippen LogP contribution in [0.4, 0.5) is 11.8 Å². The molecule has 0 saturated heterocycles. The van der Waals surface area contributed by atoms with Gasteiger partial charge in [-0.3, -0.25) is 9.78 Å². The van der Waals surface area contributed by atoms with Crippen molar-refractivity contribution >= 4 is 33.3 Å². The number of anilines is 2. The zero-order valence-corrected chi connectivity index (χ0v) is 15.4. The maximum atomic E-state index is 12.8. The van der Waals surface area contributed by atoms with Crippen LogP contribution in [-0.2, 0) is 0 Å². The first-order chi connectivity index (χ1) is 13.1. The Morgan fingerprint density at radius 2 is 2.11 bits per heavy atom. The molecule has 1 aromatic carbocycles. The molecule has 8 nitrogen and oxygen atoms in total. The van der Waals surface area contributed by atoms with Gasteiger partial charge in [0.15, 0.2) is 0 Å². The van der Waals surface area contributed by atoms with Crippen LogP contribution in [0, 0.1) is 0 Å². The van der Waals surface area contributed by atoms with Gasteiger partial charge in [0.25, 0.3) is 5.56 Å². The Morgan fingerprint density at radius 1 is 1.30 bits per heavy atom. The third-order valence-corrected chi connectivity index (χ3v) is 5.64. The molecule has 2 aromatic heterocycles. The molecule has 0 radical (unpaired) electrons. The number of rotatable bonds is 7. The summed E-state index contributed by atoms with van der Waals surface area (Å²) >= 11 is 1.41. The molecule has 1 aliphatic rings. The number of nitrogens with zero attached hydrogens (tertiary/aromatic N) is 2. The molecule has 0 aliphatic heterocycles. The van der Waals surface area contributed by atoms with E-state index >= 15 is 0 Å². The van der Waals surface area contributed by atoms with Gasteiger partial charge in [0.1, 0.15) is 16.4 Å². The fraction of sp³-hybridized carbons (Fsp3) is 0.389. The number of nitrogens with one attached hydrogen (secondary N) is 3. The zero-order chi connectivity index (χ0) is 18.8. The Labute approximate surface area is 159 Å². The van der Waals surface area contributed by atoms with Crippen molar-refractivity contribution in [3.8, 4) is 10.6 Å². The monoisotopic (exact) mass is 387 g/mol. The first kappa shape index (κ1) is 17.9. The van der Waals surface area contributed by atoms with Crippen molar-refractivity contribution < 1.29 is 10.2 Å². The Balaban J connectivity index is 1.74. The quantitative estimate of drug-likeness (QED) is 0.419. The van der Waals surface area contributed by atoms with Crippen LogP contribution in [0.2, 0.25) is 0 Å². The number of thiazole rings is 1. The van der Waals surface area contributed by atoms with Crippen molar-refractivity contribution in [1.29, 1.82) is 0 Å². The maximum Gasteiger partial charge on any atom is 0.264 e. The molecule has 5 N–H and O–H groups in total. The van der Waals surface area contributed by atoms with Crippen LogP contribution in [0.1, 0.15) is 19.3 Å². The van der Waals surface area contributed by atoms with Gasteiger partial charge in [-0.15, -0.1) is 11.3 Å². The summed E-state index contributed by atoms with van der Waals surface area (Å²) in [5.41, 5.74) is 0.849. The highest BCUT2D eigenvalue weighted by molar-refractivity contribution is 7.21. The van der Waals surface area contributed by atoms with Crippen LogP contribution >= 0.6 is 11.3 Å². The summed E-state index contributed by atoms with van der Waals surface area (Å²) in [7, 11) is 0. The van der Waals surface area contributed by atoms with E-state index in [1.54, 1.807) is 0 Å². The number of hydrogen-bond donors (Lipinski definition) is 5. The topological polar surface area (TPSA) is 123 Å². The van der Waals surface area contributed by atoms with E-state index in [1.165, 1.54) is 17.8 Å². The summed E-state index contributed by atoms with van der Waals surface area (Å²) in [4.78, 5) is 24.7. The van der Waals surface area contributed by atoms with E-state index < -0.39 is 6.10 Å². The normalized spacial score (nSPS) is 15.5. The highest BCUT2D eigenvalue weighted by atomic mass is 32.1. The Kier molecular flexibility index (Phi) is 5.06. The maximum absolute atomic E-state index is 12.8. The van der Waals surface area contributed by atoms with Crippen molar-refractivity contribution in [3.63, 3.8) is 0 Å². The van der Waals surface area contributed by atoms with Gasteiger partial charge < -0.3 is 20.8 Å². The molecular weight excluding hydrogens is 366 g/mol. The van der Waals surface area contributed by atoms with E-state index in [0.29, 0.717) is 28.4 Å². The standard InChI is InChI=1S/C18H21N5O3S/c24-9-11(25)8-19-15-14(17-21-12-6-1-2-7-13(12)27-17)16(26)23-18(22-15)20-10-4-3-5-10/h1-2,6-7,10-11,24-25H,3-5,8-9H2,(H3,19,20,22,23,26)/t11-/m0/s1. The fourth-order valence-corrected chi connectivity index (χ4v) is 3.88. The van der Waals surface area contributed by atoms with E-state index in [4.69, 9.17) is 5.11 Å². The van der Waals surface area contributed by atoms with Gasteiger partial charge >= 0.3 is 0 Å². The third-order valence-electron chi connectivity index (χ3n) is 4.59. The van der Waals surface area contributed by atoms with E-state index in [2.05, 4.69) is 25.6 Å². The summed E-state index contributed by atoms with van der Waals surface area (Å²) in [6.07, 6.45) is 2.32. The van der Waals surface area contributed by atoms with E-state index in [-0.39, 0.29) is 18.7 Å². The van der Waals surface area contributed by atoms with Gasteiger partial charge in [-0.2, -0.15) is 4.98 Å². The molecule has 27 heavy (non-hydrogen) atoms. The SMILES string of the molecule is O=c1[nH]c(NC2CCC2)nc(NC[C@H](O)CO)c1-c1nc2ccccc2s1. The smallest absolute Gasteiger partial charge is 0.264 e. The lowest BCUT2D eigenvalue weighted by Gasteiger charge is -2.26. The van der Waals surface area contributed by atoms with Gasteiger partial charge in [0.05, 0.1) is 22.9 Å². The molecular formula is C18H21N5O3S. The molecule has 1 atom stereocenters. The highest BCUT2D eigenvalue weighted by Crippen LogP contribution is 2.32. The van der Waals surface area contributed by atoms with E-state index in [1.807, 2.05) is 24.3 Å². The van der Waals surface area contributed by atoms with Gasteiger partial charge in [0.2, 0.25) is 5.95 Å². The first-order valence-corrected chi connectivity index (χ1v) is 9.75. The molecule has 9 heteroatoms. The number of fused-ring (bicyclic) bond motifs is 1. The second kappa shape index (κ2) is 7.63. The minimum atomic E-state index is -0.947. The van der Waals surface area contributed by atoms with Crippen LogP contribution in [0.15, 0.2) is 29.1 Å². The minimum Gasteiger partial charge on any atom is -0.394 e. The third kappa shape index (κ3) is 3.80. The zero-order valence-electron chi connectivity index (χ0n) is 14.6. The Hall–Kier alpha value is -2.49. The second-order valence-corrected chi connectivity index (χ2v) is 7.64. The summed E-state index contributed by atoms with van der Waals surface area (Å²) in [5, 5.41) is 25.5. The Bertz CT molecular complexity index is 965. The minimum absolute atomic E-state index is 0.0771. The number of para-hydroxylation sites is 1. The molecule has 0 bridgehead atoms. The molecule has 1 fully saturated rings. The molecule has 0 amide bonds. The van der Waals surface area contributed by atoms with Crippen molar-refractivity contribution in [3.05, 3.63) is 34.6 Å². The number of H-pyrrole nitrogens is 1. The van der Waals surface area contributed by atoms with Crippen LogP contribution in [-0.4, -0.2) is 50.5 Å². The molecule has 1 aliphatic carbocycles. The first-order valence-electron chi connectivity index (χ1n) is 8.93. The summed E-state index contributed by atoms with van der Waals surface area (Å²) < 4.78 is 0.977. The van der Waals surface area contributed by atoms with Crippen molar-refractivity contribution in [2.24, 2.45) is 0 Å². The van der Waals surface area contributed by atoms with Crippen LogP contribution in [0.5, 0.6) is 0 Å². The van der Waals surface area contributed by atoms with Crippen molar-refractivity contribution in [2.75, 3.05) is 23.8 Å². The van der Waals surface area contributed by atoms with Crippen LogP contribution in [0.3, 0.4) is 0 Å². The second-order valence-electron chi connectivity index (χ2n) is 6.61. The highest BCUT2D eigenvalue weighted by Gasteiger charge is 2.21. The lowest BCUT2D eigenvalue weighted by Crippen LogP contribution is -2.30. The molecule has 142 valence electrons. The average Bonchev–Trinajstić information content (AvgIpc) is 3.05. The summed E-state index contributed by atoms with van der Waals surface area (Å²) in [6.45, 7) is -0.298. The average molecular weight is 387 g/mol. The summed E-state index contributed by atoms with van der Waals surface area (Å²) in [6, 6.07) is 7.99. The van der Waals surface area contributed by atoms with Crippen LogP contribution < -0.4 is 16.2 Å². The van der Waals surface area contributed by atoms with Crippen molar-refractivity contribution in [1.82, 2.24) is 15.0 Å². The van der Waals surface area contributed by atoms with E-state index in [9.17, 15) is 9.90 Å². The van der Waals surface area contributed by atoms with Gasteiger partial charge in [0, 0.05) is 12.6 Å².